The molecule has 0 aromatic rings. The van der Waals surface area contributed by atoms with Crippen molar-refractivity contribution in [1.82, 2.24) is 5.32 Å². The third-order valence-corrected chi connectivity index (χ3v) is 1.71. The summed E-state index contributed by atoms with van der Waals surface area (Å²) in [6.07, 6.45) is 7.83. The van der Waals surface area contributed by atoms with Crippen LogP contribution in [-0.4, -0.2) is 12.5 Å². The van der Waals surface area contributed by atoms with Gasteiger partial charge in [-0.2, -0.15) is 0 Å². The molecule has 0 fully saturated rings. The fourth-order valence-electron chi connectivity index (χ4n) is 1.03. The highest BCUT2D eigenvalue weighted by Gasteiger charge is 1.90. The second-order valence-electron chi connectivity index (χ2n) is 2.97. The Morgan fingerprint density at radius 3 is 2.58 bits per heavy atom. The number of amides is 1. The Labute approximate surface area is 75.0 Å². The van der Waals surface area contributed by atoms with Gasteiger partial charge in [0.1, 0.15) is 0 Å². The van der Waals surface area contributed by atoms with Crippen LogP contribution in [0.15, 0.2) is 12.7 Å². The normalized spacial score (nSPS) is 9.42. The second-order valence-corrected chi connectivity index (χ2v) is 2.97. The Kier molecular flexibility index (Phi) is 7.76. The summed E-state index contributed by atoms with van der Waals surface area (Å²) in [4.78, 5) is 10.5. The SMILES string of the molecule is C=CCCCCCCNC(C)=O. The summed E-state index contributed by atoms with van der Waals surface area (Å²) in [6.45, 7) is 6.04. The van der Waals surface area contributed by atoms with Crippen LogP contribution in [0.25, 0.3) is 0 Å². The van der Waals surface area contributed by atoms with Gasteiger partial charge in [0.15, 0.2) is 0 Å². The molecule has 0 bridgehead atoms. The standard InChI is InChI=1S/C10H19NO/c1-3-4-5-6-7-8-9-11-10(2)12/h3H,1,4-9H2,2H3,(H,11,12). The lowest BCUT2D eigenvalue weighted by molar-refractivity contribution is -0.118. The van der Waals surface area contributed by atoms with Gasteiger partial charge in [0.25, 0.3) is 0 Å². The number of carbonyl (C=O) groups excluding carboxylic acids is 1. The molecular formula is C10H19NO. The molecule has 0 rings (SSSR count). The minimum atomic E-state index is 0.0705. The Balaban J connectivity index is 2.90. The number of allylic oxidation sites excluding steroid dienone is 1. The van der Waals surface area contributed by atoms with Gasteiger partial charge in [-0.3, -0.25) is 4.79 Å². The van der Waals surface area contributed by atoms with Crippen LogP contribution in [0.1, 0.15) is 39.0 Å². The predicted octanol–water partition coefficient (Wildman–Crippen LogP) is 2.26. The number of nitrogens with one attached hydrogen (secondary N) is 1. The van der Waals surface area contributed by atoms with E-state index < -0.39 is 0 Å². The van der Waals surface area contributed by atoms with Crippen molar-refractivity contribution in [2.24, 2.45) is 0 Å². The number of rotatable bonds is 7. The minimum absolute atomic E-state index is 0.0705. The highest BCUT2D eigenvalue weighted by Crippen LogP contribution is 2.01. The van der Waals surface area contributed by atoms with Gasteiger partial charge in [0, 0.05) is 13.5 Å². The fraction of sp³-hybridized carbons (Fsp3) is 0.700. The monoisotopic (exact) mass is 169 g/mol. The van der Waals surface area contributed by atoms with E-state index in [9.17, 15) is 4.79 Å². The van der Waals surface area contributed by atoms with Crippen LogP contribution in [-0.2, 0) is 4.79 Å². The fourth-order valence-corrected chi connectivity index (χ4v) is 1.03. The van der Waals surface area contributed by atoms with E-state index in [1.54, 1.807) is 6.92 Å². The number of unbranched alkanes of at least 4 members (excludes halogenated alkanes) is 4. The van der Waals surface area contributed by atoms with Crippen molar-refractivity contribution < 1.29 is 4.79 Å². The molecule has 70 valence electrons. The van der Waals surface area contributed by atoms with Gasteiger partial charge in [-0.1, -0.05) is 18.9 Å². The van der Waals surface area contributed by atoms with Gasteiger partial charge >= 0.3 is 0 Å². The maximum absolute atomic E-state index is 10.5. The molecule has 0 heterocycles. The zero-order chi connectivity index (χ0) is 9.23. The Hall–Kier alpha value is -0.790. The van der Waals surface area contributed by atoms with Crippen molar-refractivity contribution in [3.63, 3.8) is 0 Å². The molecule has 0 radical (unpaired) electrons. The maximum atomic E-state index is 10.5. The first-order chi connectivity index (χ1) is 5.77. The van der Waals surface area contributed by atoms with Crippen molar-refractivity contribution >= 4 is 5.91 Å². The van der Waals surface area contributed by atoms with E-state index in [2.05, 4.69) is 11.9 Å². The summed E-state index contributed by atoms with van der Waals surface area (Å²) in [5, 5.41) is 2.78. The first-order valence-electron chi connectivity index (χ1n) is 4.62. The lowest BCUT2D eigenvalue weighted by Gasteiger charge is -2.00. The molecule has 0 spiro atoms. The average molecular weight is 169 g/mol. The molecule has 0 saturated heterocycles. The van der Waals surface area contributed by atoms with Crippen LogP contribution >= 0.6 is 0 Å². The topological polar surface area (TPSA) is 29.1 Å². The molecule has 1 N–H and O–H groups in total. The molecule has 0 aliphatic carbocycles. The average Bonchev–Trinajstić information content (AvgIpc) is 2.02. The van der Waals surface area contributed by atoms with E-state index in [-0.39, 0.29) is 5.91 Å². The first-order valence-corrected chi connectivity index (χ1v) is 4.62. The Morgan fingerprint density at radius 2 is 2.00 bits per heavy atom. The molecule has 0 unspecified atom stereocenters. The van der Waals surface area contributed by atoms with Crippen LogP contribution in [0.2, 0.25) is 0 Å². The molecule has 2 nitrogen and oxygen atoms in total. The largest absolute Gasteiger partial charge is 0.356 e. The van der Waals surface area contributed by atoms with Crippen LogP contribution < -0.4 is 5.32 Å². The quantitative estimate of drug-likeness (QED) is 0.459. The smallest absolute Gasteiger partial charge is 0.216 e. The molecule has 0 aliphatic rings. The zero-order valence-electron chi connectivity index (χ0n) is 7.94. The summed E-state index contributed by atoms with van der Waals surface area (Å²) in [7, 11) is 0. The highest BCUT2D eigenvalue weighted by molar-refractivity contribution is 5.72. The zero-order valence-corrected chi connectivity index (χ0v) is 7.94. The van der Waals surface area contributed by atoms with Crippen LogP contribution in [0.3, 0.4) is 0 Å². The van der Waals surface area contributed by atoms with Crippen LogP contribution in [0.4, 0.5) is 0 Å². The van der Waals surface area contributed by atoms with E-state index in [1.807, 2.05) is 6.08 Å². The van der Waals surface area contributed by atoms with Gasteiger partial charge in [0.05, 0.1) is 0 Å². The third kappa shape index (κ3) is 9.21. The van der Waals surface area contributed by atoms with Crippen LogP contribution in [0.5, 0.6) is 0 Å². The summed E-state index contributed by atoms with van der Waals surface area (Å²) < 4.78 is 0. The number of carbonyl (C=O) groups is 1. The Morgan fingerprint density at radius 1 is 1.33 bits per heavy atom. The molecule has 0 aromatic carbocycles. The van der Waals surface area contributed by atoms with Gasteiger partial charge in [-0.15, -0.1) is 6.58 Å². The lowest BCUT2D eigenvalue weighted by atomic mass is 10.1. The third-order valence-electron chi connectivity index (χ3n) is 1.71. The molecule has 1 amide bonds. The number of hydrogen-bond donors (Lipinski definition) is 1. The molecular weight excluding hydrogens is 150 g/mol. The van der Waals surface area contributed by atoms with Crippen molar-refractivity contribution in [3.8, 4) is 0 Å². The van der Waals surface area contributed by atoms with Crippen molar-refractivity contribution in [3.05, 3.63) is 12.7 Å². The van der Waals surface area contributed by atoms with E-state index in [0.717, 1.165) is 19.4 Å². The minimum Gasteiger partial charge on any atom is -0.356 e. The number of hydrogen-bond acceptors (Lipinski definition) is 1. The second kappa shape index (κ2) is 8.31. The molecule has 0 aliphatic heterocycles. The maximum Gasteiger partial charge on any atom is 0.216 e. The molecule has 0 saturated carbocycles. The summed E-state index contributed by atoms with van der Waals surface area (Å²) in [6, 6.07) is 0. The van der Waals surface area contributed by atoms with Gasteiger partial charge in [-0.05, 0) is 19.3 Å². The molecule has 2 heteroatoms. The summed E-state index contributed by atoms with van der Waals surface area (Å²) >= 11 is 0. The lowest BCUT2D eigenvalue weighted by Crippen LogP contribution is -2.20. The van der Waals surface area contributed by atoms with E-state index in [4.69, 9.17) is 0 Å². The van der Waals surface area contributed by atoms with Crippen molar-refractivity contribution in [2.75, 3.05) is 6.54 Å². The highest BCUT2D eigenvalue weighted by atomic mass is 16.1. The van der Waals surface area contributed by atoms with Crippen LogP contribution in [0, 0.1) is 0 Å². The van der Waals surface area contributed by atoms with Crippen molar-refractivity contribution in [1.29, 1.82) is 0 Å². The molecule has 12 heavy (non-hydrogen) atoms. The Bertz CT molecular complexity index is 132. The van der Waals surface area contributed by atoms with E-state index >= 15 is 0 Å². The summed E-state index contributed by atoms with van der Waals surface area (Å²) in [5.41, 5.74) is 0. The van der Waals surface area contributed by atoms with Crippen molar-refractivity contribution in [2.45, 2.75) is 39.0 Å². The van der Waals surface area contributed by atoms with Gasteiger partial charge in [-0.25, -0.2) is 0 Å². The van der Waals surface area contributed by atoms with Gasteiger partial charge < -0.3 is 5.32 Å². The van der Waals surface area contributed by atoms with E-state index in [1.165, 1.54) is 19.3 Å². The van der Waals surface area contributed by atoms with E-state index in [0.29, 0.717) is 0 Å². The van der Waals surface area contributed by atoms with Gasteiger partial charge in [0.2, 0.25) is 5.91 Å². The molecule has 0 aromatic heterocycles. The predicted molar refractivity (Wildman–Crippen MR) is 52.0 cm³/mol. The summed E-state index contributed by atoms with van der Waals surface area (Å²) in [5.74, 6) is 0.0705. The molecule has 0 atom stereocenters. The first kappa shape index (κ1) is 11.2.